The highest BCUT2D eigenvalue weighted by molar-refractivity contribution is 7.17. The van der Waals surface area contributed by atoms with Gasteiger partial charge in [-0.25, -0.2) is 0 Å². The number of benzene rings is 2. The van der Waals surface area contributed by atoms with Gasteiger partial charge in [-0.1, -0.05) is 18.2 Å². The van der Waals surface area contributed by atoms with E-state index >= 15 is 0 Å². The molecule has 2 aromatic carbocycles. The quantitative estimate of drug-likeness (QED) is 0.597. The van der Waals surface area contributed by atoms with Gasteiger partial charge in [-0.3, -0.25) is 4.79 Å². The van der Waals surface area contributed by atoms with E-state index in [1.807, 2.05) is 0 Å². The van der Waals surface area contributed by atoms with E-state index < -0.39 is 0 Å². The fraction of sp³-hybridized carbons (Fsp3) is 0.250. The van der Waals surface area contributed by atoms with Gasteiger partial charge in [-0.2, -0.15) is 0 Å². The van der Waals surface area contributed by atoms with Crippen LogP contribution in [0.5, 0.6) is 11.5 Å². The Morgan fingerprint density at radius 1 is 1.04 bits per heavy atom. The summed E-state index contributed by atoms with van der Waals surface area (Å²) in [5, 5.41) is 9.76. The van der Waals surface area contributed by atoms with Crippen molar-refractivity contribution < 1.29 is 14.3 Å². The molecule has 2 N–H and O–H groups in total. The van der Waals surface area contributed by atoms with E-state index in [-0.39, 0.29) is 5.91 Å². The standard InChI is InChI=1S/C20H22N2O3S/c1-24-17-8-7-14(11-18(17)25-2)20(23)22-10-9-21-12-15-13-26-19-6-4-3-5-16(15)19/h3-8,11,13,21H,9-10,12H2,1-2H3,(H,22,23). The summed E-state index contributed by atoms with van der Waals surface area (Å²) < 4.78 is 11.7. The van der Waals surface area contributed by atoms with Crippen molar-refractivity contribution in [2.75, 3.05) is 27.3 Å². The fourth-order valence-electron chi connectivity index (χ4n) is 2.74. The smallest absolute Gasteiger partial charge is 0.251 e. The van der Waals surface area contributed by atoms with Crippen LogP contribution in [-0.4, -0.2) is 33.2 Å². The molecule has 0 aliphatic carbocycles. The van der Waals surface area contributed by atoms with Crippen molar-refractivity contribution in [1.82, 2.24) is 10.6 Å². The molecule has 1 amide bonds. The molecule has 0 aliphatic rings. The van der Waals surface area contributed by atoms with Crippen molar-refractivity contribution in [3.8, 4) is 11.5 Å². The maximum atomic E-state index is 12.2. The number of ether oxygens (including phenoxy) is 2. The van der Waals surface area contributed by atoms with E-state index in [2.05, 4.69) is 40.3 Å². The van der Waals surface area contributed by atoms with Crippen LogP contribution in [0.3, 0.4) is 0 Å². The lowest BCUT2D eigenvalue weighted by Crippen LogP contribution is -2.31. The maximum Gasteiger partial charge on any atom is 0.251 e. The van der Waals surface area contributed by atoms with Gasteiger partial charge in [0.05, 0.1) is 14.2 Å². The van der Waals surface area contributed by atoms with Crippen LogP contribution >= 0.6 is 11.3 Å². The van der Waals surface area contributed by atoms with Gasteiger partial charge in [-0.05, 0) is 40.6 Å². The zero-order chi connectivity index (χ0) is 18.4. The summed E-state index contributed by atoms with van der Waals surface area (Å²) in [5.41, 5.74) is 1.84. The van der Waals surface area contributed by atoms with Gasteiger partial charge in [0, 0.05) is 29.9 Å². The average molecular weight is 370 g/mol. The maximum absolute atomic E-state index is 12.2. The van der Waals surface area contributed by atoms with E-state index in [0.717, 1.165) is 6.54 Å². The lowest BCUT2D eigenvalue weighted by Gasteiger charge is -2.10. The highest BCUT2D eigenvalue weighted by Crippen LogP contribution is 2.27. The molecule has 5 nitrogen and oxygen atoms in total. The molecule has 26 heavy (non-hydrogen) atoms. The molecule has 0 atom stereocenters. The van der Waals surface area contributed by atoms with Crippen molar-refractivity contribution in [2.45, 2.75) is 6.54 Å². The first kappa shape index (κ1) is 18.2. The predicted octanol–water partition coefficient (Wildman–Crippen LogP) is 3.44. The van der Waals surface area contributed by atoms with E-state index in [4.69, 9.17) is 9.47 Å². The van der Waals surface area contributed by atoms with Crippen LogP contribution in [0.2, 0.25) is 0 Å². The Morgan fingerprint density at radius 2 is 1.85 bits per heavy atom. The molecule has 3 aromatic rings. The number of carbonyl (C=O) groups is 1. The van der Waals surface area contributed by atoms with Crippen molar-refractivity contribution in [3.05, 3.63) is 59.0 Å². The second kappa shape index (κ2) is 8.69. The summed E-state index contributed by atoms with van der Waals surface area (Å²) in [6.07, 6.45) is 0. The molecular weight excluding hydrogens is 348 g/mol. The Balaban J connectivity index is 1.47. The van der Waals surface area contributed by atoms with Gasteiger partial charge in [0.25, 0.3) is 5.91 Å². The van der Waals surface area contributed by atoms with Crippen molar-refractivity contribution >= 4 is 27.3 Å². The molecule has 3 rings (SSSR count). The van der Waals surface area contributed by atoms with Gasteiger partial charge < -0.3 is 20.1 Å². The highest BCUT2D eigenvalue weighted by atomic mass is 32.1. The van der Waals surface area contributed by atoms with E-state index in [1.54, 1.807) is 43.8 Å². The number of thiophene rings is 1. The van der Waals surface area contributed by atoms with Crippen LogP contribution in [0.4, 0.5) is 0 Å². The third kappa shape index (κ3) is 4.15. The van der Waals surface area contributed by atoms with Crippen LogP contribution in [-0.2, 0) is 6.54 Å². The molecule has 136 valence electrons. The Morgan fingerprint density at radius 3 is 2.65 bits per heavy atom. The fourth-order valence-corrected chi connectivity index (χ4v) is 3.70. The summed E-state index contributed by atoms with van der Waals surface area (Å²) in [6, 6.07) is 13.5. The molecule has 1 aromatic heterocycles. The van der Waals surface area contributed by atoms with Gasteiger partial charge in [0.1, 0.15) is 0 Å². The largest absolute Gasteiger partial charge is 0.493 e. The molecule has 1 heterocycles. The third-order valence-corrected chi connectivity index (χ3v) is 5.12. The van der Waals surface area contributed by atoms with Gasteiger partial charge >= 0.3 is 0 Å². The first-order valence-corrected chi connectivity index (χ1v) is 9.27. The number of nitrogens with one attached hydrogen (secondary N) is 2. The van der Waals surface area contributed by atoms with E-state index in [1.165, 1.54) is 15.6 Å². The number of fused-ring (bicyclic) bond motifs is 1. The molecule has 0 spiro atoms. The summed E-state index contributed by atoms with van der Waals surface area (Å²) in [6.45, 7) is 2.04. The van der Waals surface area contributed by atoms with Gasteiger partial charge in [0.15, 0.2) is 11.5 Å². The summed E-state index contributed by atoms with van der Waals surface area (Å²) in [5.74, 6) is 1.02. The topological polar surface area (TPSA) is 59.6 Å². The summed E-state index contributed by atoms with van der Waals surface area (Å²) in [4.78, 5) is 12.2. The van der Waals surface area contributed by atoms with E-state index in [9.17, 15) is 4.79 Å². The minimum absolute atomic E-state index is 0.131. The number of hydrogen-bond donors (Lipinski definition) is 2. The lowest BCUT2D eigenvalue weighted by molar-refractivity contribution is 0.0953. The summed E-state index contributed by atoms with van der Waals surface area (Å²) in [7, 11) is 3.12. The van der Waals surface area contributed by atoms with Gasteiger partial charge in [-0.15, -0.1) is 11.3 Å². The Bertz CT molecular complexity index is 892. The van der Waals surface area contributed by atoms with Crippen LogP contribution < -0.4 is 20.1 Å². The number of methoxy groups -OCH3 is 2. The van der Waals surface area contributed by atoms with Gasteiger partial charge in [0.2, 0.25) is 0 Å². The molecule has 0 bridgehead atoms. The van der Waals surface area contributed by atoms with Crippen LogP contribution in [0, 0.1) is 0 Å². The molecule has 0 fully saturated rings. The number of amides is 1. The predicted molar refractivity (Wildman–Crippen MR) is 105 cm³/mol. The first-order chi connectivity index (χ1) is 12.7. The molecule has 0 radical (unpaired) electrons. The average Bonchev–Trinajstić information content (AvgIpc) is 3.10. The van der Waals surface area contributed by atoms with Crippen LogP contribution in [0.1, 0.15) is 15.9 Å². The molecule has 0 aliphatic heterocycles. The lowest BCUT2D eigenvalue weighted by atomic mass is 10.2. The van der Waals surface area contributed by atoms with Crippen molar-refractivity contribution in [3.63, 3.8) is 0 Å². The Labute approximate surface area is 156 Å². The van der Waals surface area contributed by atoms with Crippen LogP contribution in [0.15, 0.2) is 47.8 Å². The monoisotopic (exact) mass is 370 g/mol. The molecule has 0 saturated heterocycles. The summed E-state index contributed by atoms with van der Waals surface area (Å²) >= 11 is 1.75. The third-order valence-electron chi connectivity index (χ3n) is 4.11. The molecule has 0 saturated carbocycles. The second-order valence-electron chi connectivity index (χ2n) is 5.76. The Kier molecular flexibility index (Phi) is 6.09. The molecule has 6 heteroatoms. The first-order valence-electron chi connectivity index (χ1n) is 8.39. The number of rotatable bonds is 8. The number of hydrogen-bond acceptors (Lipinski definition) is 5. The van der Waals surface area contributed by atoms with Crippen molar-refractivity contribution in [1.29, 1.82) is 0 Å². The zero-order valence-electron chi connectivity index (χ0n) is 14.9. The second-order valence-corrected chi connectivity index (χ2v) is 6.67. The molecular formula is C20H22N2O3S. The normalized spacial score (nSPS) is 10.7. The molecule has 0 unspecified atom stereocenters. The van der Waals surface area contributed by atoms with E-state index in [0.29, 0.717) is 30.2 Å². The highest BCUT2D eigenvalue weighted by Gasteiger charge is 2.10. The van der Waals surface area contributed by atoms with Crippen LogP contribution in [0.25, 0.3) is 10.1 Å². The minimum Gasteiger partial charge on any atom is -0.493 e. The zero-order valence-corrected chi connectivity index (χ0v) is 15.7. The Hall–Kier alpha value is -2.57. The van der Waals surface area contributed by atoms with Crippen molar-refractivity contribution in [2.24, 2.45) is 0 Å². The number of carbonyl (C=O) groups excluding carboxylic acids is 1. The minimum atomic E-state index is -0.131. The SMILES string of the molecule is COc1ccc(C(=O)NCCNCc2csc3ccccc23)cc1OC.